The molecule has 1 unspecified atom stereocenters. The Balaban J connectivity index is 1.54. The number of carbonyl (C=O) groups excluding carboxylic acids is 2. The van der Waals surface area contributed by atoms with Crippen LogP contribution in [0.25, 0.3) is 10.9 Å². The fourth-order valence-corrected chi connectivity index (χ4v) is 5.64. The second kappa shape index (κ2) is 7.78. The Labute approximate surface area is 187 Å². The highest BCUT2D eigenvalue weighted by Crippen LogP contribution is 2.43. The molecule has 0 bridgehead atoms. The first kappa shape index (κ1) is 20.8. The third-order valence-electron chi connectivity index (χ3n) is 7.32. The van der Waals surface area contributed by atoms with Gasteiger partial charge in [-0.1, -0.05) is 36.4 Å². The van der Waals surface area contributed by atoms with E-state index in [-0.39, 0.29) is 17.9 Å². The van der Waals surface area contributed by atoms with Crippen LogP contribution in [-0.4, -0.2) is 57.4 Å². The summed E-state index contributed by atoms with van der Waals surface area (Å²) in [6, 6.07) is 15.2. The lowest BCUT2D eigenvalue weighted by Crippen LogP contribution is -2.59. The molecule has 0 spiro atoms. The van der Waals surface area contributed by atoms with Crippen molar-refractivity contribution in [2.45, 2.75) is 44.9 Å². The van der Waals surface area contributed by atoms with Crippen LogP contribution in [0.15, 0.2) is 48.5 Å². The molecule has 2 aliphatic heterocycles. The molecule has 4 atom stereocenters. The number of hydrogen-bond acceptors (Lipinski definition) is 3. The van der Waals surface area contributed by atoms with Gasteiger partial charge in [-0.15, -0.1) is 0 Å². The summed E-state index contributed by atoms with van der Waals surface area (Å²) in [5.74, 6) is -0.835. The predicted octanol–water partition coefficient (Wildman–Crippen LogP) is 3.44. The van der Waals surface area contributed by atoms with Gasteiger partial charge >= 0.3 is 0 Å². The topological polar surface area (TPSA) is 76.6 Å². The van der Waals surface area contributed by atoms with Crippen molar-refractivity contribution < 1.29 is 14.7 Å². The summed E-state index contributed by atoms with van der Waals surface area (Å²) in [7, 11) is 1.76. The number of aromatic amines is 1. The maximum Gasteiger partial charge on any atom is 0.254 e. The first-order valence-corrected chi connectivity index (χ1v) is 11.3. The van der Waals surface area contributed by atoms with Crippen LogP contribution in [0.2, 0.25) is 0 Å². The quantitative estimate of drug-likeness (QED) is 0.667. The van der Waals surface area contributed by atoms with Crippen molar-refractivity contribution >= 4 is 22.7 Å². The standard InChI is InChI=1S/C26H29N3O3/c1-15-8-4-5-9-17(15)25(31)28(3)21-14-22-24-19(18-10-6-7-11-20(18)27-24)12-13-29(22)26(32)23(21)16(2)30/h4-11,16,21-23,27,30H,12-14H2,1-3H3/t16-,21-,22-,23?/m0/s1. The van der Waals surface area contributed by atoms with Crippen LogP contribution in [0.5, 0.6) is 0 Å². The minimum atomic E-state index is -0.843. The molecule has 32 heavy (non-hydrogen) atoms. The number of piperidine rings is 1. The summed E-state index contributed by atoms with van der Waals surface area (Å²) in [5, 5.41) is 11.8. The molecule has 2 N–H and O–H groups in total. The van der Waals surface area contributed by atoms with E-state index in [1.54, 1.807) is 18.9 Å². The number of nitrogens with zero attached hydrogens (tertiary/aromatic N) is 2. The van der Waals surface area contributed by atoms with Crippen LogP contribution < -0.4 is 0 Å². The minimum absolute atomic E-state index is 0.0741. The molecule has 1 fully saturated rings. The van der Waals surface area contributed by atoms with Gasteiger partial charge in [0, 0.05) is 41.8 Å². The van der Waals surface area contributed by atoms with Gasteiger partial charge in [-0.3, -0.25) is 9.59 Å². The molecule has 2 amide bonds. The molecule has 0 radical (unpaired) electrons. The average Bonchev–Trinajstić information content (AvgIpc) is 3.17. The molecule has 3 heterocycles. The molecule has 6 heteroatoms. The van der Waals surface area contributed by atoms with Crippen LogP contribution in [0.1, 0.15) is 46.6 Å². The van der Waals surface area contributed by atoms with Gasteiger partial charge in [0.2, 0.25) is 5.91 Å². The number of para-hydroxylation sites is 1. The Hall–Kier alpha value is -3.12. The highest BCUT2D eigenvalue weighted by molar-refractivity contribution is 5.96. The van der Waals surface area contributed by atoms with Gasteiger partial charge in [0.05, 0.1) is 18.1 Å². The van der Waals surface area contributed by atoms with Crippen molar-refractivity contribution in [1.29, 1.82) is 0 Å². The van der Waals surface area contributed by atoms with E-state index < -0.39 is 18.1 Å². The lowest BCUT2D eigenvalue weighted by Gasteiger charge is -2.49. The maximum absolute atomic E-state index is 13.6. The zero-order valence-electron chi connectivity index (χ0n) is 18.7. The second-order valence-corrected chi connectivity index (χ2v) is 9.16. The zero-order chi connectivity index (χ0) is 22.6. The van der Waals surface area contributed by atoms with E-state index in [9.17, 15) is 14.7 Å². The third kappa shape index (κ3) is 3.13. The van der Waals surface area contributed by atoms with Crippen LogP contribution in [0.3, 0.4) is 0 Å². The fraction of sp³-hybridized carbons (Fsp3) is 0.385. The average molecular weight is 432 g/mol. The Morgan fingerprint density at radius 3 is 2.66 bits per heavy atom. The van der Waals surface area contributed by atoms with Crippen molar-refractivity contribution in [3.8, 4) is 0 Å². The number of nitrogens with one attached hydrogen (secondary N) is 1. The Morgan fingerprint density at radius 1 is 1.19 bits per heavy atom. The van der Waals surface area contributed by atoms with Gasteiger partial charge < -0.3 is 19.9 Å². The Morgan fingerprint density at radius 2 is 1.91 bits per heavy atom. The van der Waals surface area contributed by atoms with Crippen LogP contribution in [0.4, 0.5) is 0 Å². The van der Waals surface area contributed by atoms with E-state index in [1.807, 2.05) is 48.2 Å². The van der Waals surface area contributed by atoms with E-state index >= 15 is 0 Å². The smallest absolute Gasteiger partial charge is 0.254 e. The zero-order valence-corrected chi connectivity index (χ0v) is 18.7. The van der Waals surface area contributed by atoms with Crippen molar-refractivity contribution in [3.05, 3.63) is 70.9 Å². The largest absolute Gasteiger partial charge is 0.393 e. The number of aryl methyl sites for hydroxylation is 1. The molecule has 2 aliphatic rings. The first-order chi connectivity index (χ1) is 15.4. The molecule has 2 aromatic carbocycles. The van der Waals surface area contributed by atoms with Gasteiger partial charge in [0.1, 0.15) is 0 Å². The van der Waals surface area contributed by atoms with Crippen molar-refractivity contribution in [3.63, 3.8) is 0 Å². The molecule has 1 saturated heterocycles. The summed E-state index contributed by atoms with van der Waals surface area (Å²) < 4.78 is 0. The van der Waals surface area contributed by atoms with Gasteiger partial charge in [-0.2, -0.15) is 0 Å². The van der Waals surface area contributed by atoms with Crippen molar-refractivity contribution in [2.75, 3.05) is 13.6 Å². The number of aliphatic hydroxyl groups excluding tert-OH is 1. The second-order valence-electron chi connectivity index (χ2n) is 9.16. The van der Waals surface area contributed by atoms with E-state index in [2.05, 4.69) is 17.1 Å². The van der Waals surface area contributed by atoms with Gasteiger partial charge in [0.25, 0.3) is 5.91 Å². The lowest BCUT2D eigenvalue weighted by molar-refractivity contribution is -0.151. The summed E-state index contributed by atoms with van der Waals surface area (Å²) in [6.07, 6.45) is 0.538. The van der Waals surface area contributed by atoms with Gasteiger partial charge in [-0.25, -0.2) is 0 Å². The summed E-state index contributed by atoms with van der Waals surface area (Å²) >= 11 is 0. The summed E-state index contributed by atoms with van der Waals surface area (Å²) in [6.45, 7) is 4.20. The molecule has 0 aliphatic carbocycles. The van der Waals surface area contributed by atoms with E-state index in [1.165, 1.54) is 10.9 Å². The van der Waals surface area contributed by atoms with E-state index in [0.717, 1.165) is 23.2 Å². The van der Waals surface area contributed by atoms with Crippen LogP contribution >= 0.6 is 0 Å². The van der Waals surface area contributed by atoms with Crippen molar-refractivity contribution in [2.24, 2.45) is 5.92 Å². The number of aliphatic hydroxyl groups is 1. The van der Waals surface area contributed by atoms with Crippen LogP contribution in [-0.2, 0) is 11.2 Å². The number of amides is 2. The number of carbonyl (C=O) groups is 2. The lowest BCUT2D eigenvalue weighted by atomic mass is 9.79. The normalized spacial score (nSPS) is 23.6. The maximum atomic E-state index is 13.6. The number of aromatic nitrogens is 1. The van der Waals surface area contributed by atoms with Crippen molar-refractivity contribution in [1.82, 2.24) is 14.8 Å². The number of H-pyrrole nitrogens is 1. The highest BCUT2D eigenvalue weighted by Gasteiger charge is 2.49. The number of benzene rings is 2. The monoisotopic (exact) mass is 431 g/mol. The van der Waals surface area contributed by atoms with E-state index in [0.29, 0.717) is 18.5 Å². The third-order valence-corrected chi connectivity index (χ3v) is 7.32. The Bertz CT molecular complexity index is 1200. The first-order valence-electron chi connectivity index (χ1n) is 11.3. The number of fused-ring (bicyclic) bond motifs is 5. The summed E-state index contributed by atoms with van der Waals surface area (Å²) in [4.78, 5) is 34.1. The number of rotatable bonds is 3. The molecule has 5 rings (SSSR count). The fourth-order valence-electron chi connectivity index (χ4n) is 5.64. The molecule has 166 valence electrons. The molecule has 6 nitrogen and oxygen atoms in total. The molecular formula is C26H29N3O3. The Kier molecular flexibility index (Phi) is 5.05. The molecular weight excluding hydrogens is 402 g/mol. The minimum Gasteiger partial charge on any atom is -0.393 e. The van der Waals surface area contributed by atoms with E-state index in [4.69, 9.17) is 0 Å². The molecule has 0 saturated carbocycles. The number of hydrogen-bond donors (Lipinski definition) is 2. The predicted molar refractivity (Wildman–Crippen MR) is 123 cm³/mol. The molecule has 3 aromatic rings. The van der Waals surface area contributed by atoms with Crippen LogP contribution in [0, 0.1) is 12.8 Å². The highest BCUT2D eigenvalue weighted by atomic mass is 16.3. The van der Waals surface area contributed by atoms with Gasteiger partial charge in [-0.05, 0) is 49.9 Å². The molecule has 1 aromatic heterocycles. The SMILES string of the molecule is Cc1ccccc1C(=O)N(C)[C@H]1C[C@H]2c3[nH]c4ccccc4c3CCN2C(=O)C1[C@H](C)O. The van der Waals surface area contributed by atoms with Gasteiger partial charge in [0.15, 0.2) is 0 Å². The summed E-state index contributed by atoms with van der Waals surface area (Å²) in [5.41, 5.74) is 4.93.